The minimum atomic E-state index is -1.79. The Bertz CT molecular complexity index is 1230. The highest BCUT2D eigenvalue weighted by molar-refractivity contribution is 5.88. The van der Waals surface area contributed by atoms with Gasteiger partial charge in [0.15, 0.2) is 0 Å². The molecule has 2 N–H and O–H groups in total. The molecular weight excluding hydrogens is 438 g/mol. The number of nitrogens with one attached hydrogen (secondary N) is 1. The standard InChI is InChI=1S/C30H27NO4/c32-29(25-19-11-4-12-20-25)34-35-30(33)21-26(22-13-5-1-6-14-22)31-28(24-17-9-3-10-18-24)27(30)23-15-7-2-8-16-23/h1-20,26-28,31,33H,21H2. The van der Waals surface area contributed by atoms with Crippen LogP contribution in [-0.2, 0) is 9.78 Å². The van der Waals surface area contributed by atoms with Gasteiger partial charge >= 0.3 is 5.97 Å². The summed E-state index contributed by atoms with van der Waals surface area (Å²) >= 11 is 0. The second kappa shape index (κ2) is 10.2. The Kier molecular flexibility index (Phi) is 6.73. The maximum Gasteiger partial charge on any atom is 0.373 e. The first-order valence-corrected chi connectivity index (χ1v) is 11.7. The van der Waals surface area contributed by atoms with Gasteiger partial charge in [0.05, 0.1) is 11.5 Å². The molecule has 4 aromatic carbocycles. The van der Waals surface area contributed by atoms with Gasteiger partial charge in [-0.1, -0.05) is 109 Å². The molecule has 1 heterocycles. The van der Waals surface area contributed by atoms with Crippen molar-refractivity contribution in [2.24, 2.45) is 0 Å². The Labute approximate surface area is 204 Å². The maximum absolute atomic E-state index is 12.7. The predicted molar refractivity (Wildman–Crippen MR) is 133 cm³/mol. The Morgan fingerprint density at radius 2 is 1.20 bits per heavy atom. The largest absolute Gasteiger partial charge is 0.373 e. The quantitative estimate of drug-likeness (QED) is 0.216. The van der Waals surface area contributed by atoms with E-state index in [0.717, 1.165) is 16.7 Å². The summed E-state index contributed by atoms with van der Waals surface area (Å²) in [6.07, 6.45) is 0.183. The molecule has 1 aliphatic heterocycles. The van der Waals surface area contributed by atoms with Gasteiger partial charge < -0.3 is 10.4 Å². The lowest BCUT2D eigenvalue weighted by Gasteiger charge is -2.47. The number of rotatable bonds is 6. The van der Waals surface area contributed by atoms with Crippen molar-refractivity contribution in [2.75, 3.05) is 0 Å². The summed E-state index contributed by atoms with van der Waals surface area (Å²) in [5, 5.41) is 15.8. The first-order valence-electron chi connectivity index (χ1n) is 11.7. The van der Waals surface area contributed by atoms with E-state index in [9.17, 15) is 9.90 Å². The van der Waals surface area contributed by atoms with Crippen molar-refractivity contribution in [1.82, 2.24) is 5.32 Å². The fraction of sp³-hybridized carbons (Fsp3) is 0.167. The molecule has 0 saturated carbocycles. The highest BCUT2D eigenvalue weighted by Crippen LogP contribution is 2.49. The van der Waals surface area contributed by atoms with Crippen LogP contribution in [0.2, 0.25) is 0 Å². The normalized spacial score (nSPS) is 24.0. The van der Waals surface area contributed by atoms with Crippen molar-refractivity contribution >= 4 is 5.97 Å². The van der Waals surface area contributed by atoms with Gasteiger partial charge in [-0.25, -0.2) is 4.79 Å². The van der Waals surface area contributed by atoms with Crippen LogP contribution < -0.4 is 5.32 Å². The van der Waals surface area contributed by atoms with E-state index in [1.54, 1.807) is 24.3 Å². The Morgan fingerprint density at radius 3 is 1.77 bits per heavy atom. The first kappa shape index (κ1) is 23.0. The molecule has 4 unspecified atom stereocenters. The van der Waals surface area contributed by atoms with Gasteiger partial charge in [0.2, 0.25) is 5.79 Å². The molecule has 4 atom stereocenters. The summed E-state index contributed by atoms with van der Waals surface area (Å²) in [6, 6.07) is 37.6. The molecule has 5 rings (SSSR count). The van der Waals surface area contributed by atoms with Crippen molar-refractivity contribution in [2.45, 2.75) is 30.2 Å². The first-order chi connectivity index (χ1) is 17.1. The van der Waals surface area contributed by atoms with Gasteiger partial charge in [-0.15, -0.1) is 4.89 Å². The molecule has 1 aliphatic rings. The fourth-order valence-electron chi connectivity index (χ4n) is 4.83. The highest BCUT2D eigenvalue weighted by Gasteiger charge is 2.52. The van der Waals surface area contributed by atoms with E-state index in [0.29, 0.717) is 5.56 Å². The summed E-state index contributed by atoms with van der Waals surface area (Å²) < 4.78 is 0. The third kappa shape index (κ3) is 5.03. The molecule has 1 saturated heterocycles. The number of piperidine rings is 1. The Hall–Kier alpha value is -3.77. The van der Waals surface area contributed by atoms with Gasteiger partial charge in [-0.3, -0.25) is 4.89 Å². The lowest BCUT2D eigenvalue weighted by molar-refractivity contribution is -0.402. The molecule has 5 nitrogen and oxygen atoms in total. The number of benzene rings is 4. The van der Waals surface area contributed by atoms with Crippen LogP contribution in [0.25, 0.3) is 0 Å². The van der Waals surface area contributed by atoms with E-state index in [4.69, 9.17) is 9.78 Å². The van der Waals surface area contributed by atoms with Crippen molar-refractivity contribution in [3.05, 3.63) is 144 Å². The maximum atomic E-state index is 12.7. The van der Waals surface area contributed by atoms with Crippen LogP contribution in [0.3, 0.4) is 0 Å². The molecule has 0 radical (unpaired) electrons. The van der Waals surface area contributed by atoms with Gasteiger partial charge in [-0.2, -0.15) is 0 Å². The van der Waals surface area contributed by atoms with Gasteiger partial charge in [0, 0.05) is 18.5 Å². The van der Waals surface area contributed by atoms with E-state index in [2.05, 4.69) is 5.32 Å². The zero-order valence-corrected chi connectivity index (χ0v) is 19.2. The van der Waals surface area contributed by atoms with Crippen molar-refractivity contribution in [3.8, 4) is 0 Å². The molecule has 35 heavy (non-hydrogen) atoms. The molecular formula is C30H27NO4. The van der Waals surface area contributed by atoms with Gasteiger partial charge in [0.25, 0.3) is 0 Å². The van der Waals surface area contributed by atoms with Crippen LogP contribution in [0, 0.1) is 0 Å². The van der Waals surface area contributed by atoms with Crippen molar-refractivity contribution in [3.63, 3.8) is 0 Å². The van der Waals surface area contributed by atoms with E-state index < -0.39 is 17.7 Å². The summed E-state index contributed by atoms with van der Waals surface area (Å²) in [5.41, 5.74) is 3.23. The fourth-order valence-corrected chi connectivity index (χ4v) is 4.83. The molecule has 0 aromatic heterocycles. The smallest absolute Gasteiger partial charge is 0.362 e. The molecule has 176 valence electrons. The molecule has 0 amide bonds. The monoisotopic (exact) mass is 465 g/mol. The van der Waals surface area contributed by atoms with E-state index >= 15 is 0 Å². The lowest BCUT2D eigenvalue weighted by atomic mass is 9.74. The number of carbonyl (C=O) groups excluding carboxylic acids is 1. The SMILES string of the molecule is O=C(OOC1(O)CC(c2ccccc2)NC(c2ccccc2)C1c1ccccc1)c1ccccc1. The molecule has 0 aliphatic carbocycles. The predicted octanol–water partition coefficient (Wildman–Crippen LogP) is 5.72. The van der Waals surface area contributed by atoms with E-state index in [1.165, 1.54) is 0 Å². The average Bonchev–Trinajstić information content (AvgIpc) is 2.93. The minimum Gasteiger partial charge on any atom is -0.362 e. The van der Waals surface area contributed by atoms with Crippen LogP contribution in [0.1, 0.15) is 51.5 Å². The van der Waals surface area contributed by atoms with Gasteiger partial charge in [-0.05, 0) is 28.8 Å². The van der Waals surface area contributed by atoms with E-state index in [1.807, 2.05) is 97.1 Å². The summed E-state index contributed by atoms with van der Waals surface area (Å²) in [7, 11) is 0. The summed E-state index contributed by atoms with van der Waals surface area (Å²) in [5.74, 6) is -3.00. The minimum absolute atomic E-state index is 0.183. The number of hydrogen-bond donors (Lipinski definition) is 2. The number of hydrogen-bond acceptors (Lipinski definition) is 5. The number of carbonyl (C=O) groups is 1. The van der Waals surface area contributed by atoms with Crippen molar-refractivity contribution in [1.29, 1.82) is 0 Å². The average molecular weight is 466 g/mol. The zero-order valence-electron chi connectivity index (χ0n) is 19.2. The Balaban J connectivity index is 1.55. The summed E-state index contributed by atoms with van der Waals surface area (Å²) in [4.78, 5) is 23.7. The highest BCUT2D eigenvalue weighted by atomic mass is 17.2. The van der Waals surface area contributed by atoms with Crippen LogP contribution in [0.15, 0.2) is 121 Å². The molecule has 5 heteroatoms. The third-order valence-corrected chi connectivity index (χ3v) is 6.49. The van der Waals surface area contributed by atoms with E-state index in [-0.39, 0.29) is 18.5 Å². The second-order valence-electron chi connectivity index (χ2n) is 8.78. The lowest BCUT2D eigenvalue weighted by Crippen LogP contribution is -2.53. The summed E-state index contributed by atoms with van der Waals surface area (Å²) in [6.45, 7) is 0. The third-order valence-electron chi connectivity index (χ3n) is 6.49. The molecule has 1 fully saturated rings. The van der Waals surface area contributed by atoms with Crippen LogP contribution in [-0.4, -0.2) is 16.9 Å². The van der Waals surface area contributed by atoms with Crippen molar-refractivity contribution < 1.29 is 19.7 Å². The van der Waals surface area contributed by atoms with Crippen LogP contribution in [0.5, 0.6) is 0 Å². The zero-order chi connectivity index (χ0) is 24.1. The molecule has 0 bridgehead atoms. The van der Waals surface area contributed by atoms with Crippen LogP contribution in [0.4, 0.5) is 0 Å². The van der Waals surface area contributed by atoms with Crippen LogP contribution >= 0.6 is 0 Å². The Morgan fingerprint density at radius 1 is 0.714 bits per heavy atom. The topological polar surface area (TPSA) is 67.8 Å². The number of aliphatic hydroxyl groups is 1. The molecule has 0 spiro atoms. The van der Waals surface area contributed by atoms with Gasteiger partial charge in [0.1, 0.15) is 0 Å². The molecule has 4 aromatic rings. The second-order valence-corrected chi connectivity index (χ2v) is 8.78.